The fourth-order valence-corrected chi connectivity index (χ4v) is 2.27. The van der Waals surface area contributed by atoms with Crippen molar-refractivity contribution in [1.82, 2.24) is 5.32 Å². The summed E-state index contributed by atoms with van der Waals surface area (Å²) >= 11 is 0. The van der Waals surface area contributed by atoms with Crippen LogP contribution in [0.25, 0.3) is 0 Å². The smallest absolute Gasteiger partial charge is 0.336 e. The van der Waals surface area contributed by atoms with E-state index in [1.807, 2.05) is 0 Å². The molecule has 0 radical (unpaired) electrons. The van der Waals surface area contributed by atoms with E-state index < -0.39 is 18.2 Å². The molecule has 1 amide bonds. The van der Waals surface area contributed by atoms with E-state index >= 15 is 0 Å². The third-order valence-corrected chi connectivity index (χ3v) is 4.09. The van der Waals surface area contributed by atoms with Gasteiger partial charge in [0.1, 0.15) is 0 Å². The molecule has 2 aliphatic rings. The molecule has 6 nitrogen and oxygen atoms in total. The van der Waals surface area contributed by atoms with Crippen molar-refractivity contribution in [2.24, 2.45) is 11.8 Å². The lowest BCUT2D eigenvalue weighted by Crippen LogP contribution is -2.42. The summed E-state index contributed by atoms with van der Waals surface area (Å²) in [6, 6.07) is -0.0788. The Hall–Kier alpha value is -1.14. The van der Waals surface area contributed by atoms with Gasteiger partial charge in [-0.1, -0.05) is 20.3 Å². The minimum absolute atomic E-state index is 0.0788. The zero-order valence-corrected chi connectivity index (χ0v) is 12.7. The Bertz CT molecular complexity index is 382. The van der Waals surface area contributed by atoms with Crippen LogP contribution in [0.15, 0.2) is 0 Å². The first kappa shape index (κ1) is 16.2. The summed E-state index contributed by atoms with van der Waals surface area (Å²) < 4.78 is 10.5. The number of rotatable bonds is 10. The first-order valence-electron chi connectivity index (χ1n) is 7.77. The van der Waals surface area contributed by atoms with Gasteiger partial charge in [-0.2, -0.15) is 0 Å². The summed E-state index contributed by atoms with van der Waals surface area (Å²) in [5.74, 6) is -0.257. The number of carboxylic acids is 1. The van der Waals surface area contributed by atoms with Crippen LogP contribution in [-0.4, -0.2) is 48.4 Å². The molecule has 2 rings (SSSR count). The lowest BCUT2D eigenvalue weighted by Gasteiger charge is -2.21. The molecule has 0 bridgehead atoms. The average Bonchev–Trinajstić information content (AvgIpc) is 3.30. The quantitative estimate of drug-likeness (QED) is 0.592. The van der Waals surface area contributed by atoms with Gasteiger partial charge in [-0.3, -0.25) is 4.79 Å². The molecule has 0 aromatic heterocycles. The molecule has 1 saturated heterocycles. The second-order valence-corrected chi connectivity index (χ2v) is 6.25. The third kappa shape index (κ3) is 5.28. The number of ether oxygens (including phenoxy) is 2. The van der Waals surface area contributed by atoms with E-state index in [4.69, 9.17) is 14.6 Å². The van der Waals surface area contributed by atoms with Crippen molar-refractivity contribution in [2.45, 2.75) is 57.8 Å². The number of hydrogen-bond acceptors (Lipinski definition) is 4. The van der Waals surface area contributed by atoms with Crippen LogP contribution in [0, 0.1) is 11.8 Å². The van der Waals surface area contributed by atoms with Gasteiger partial charge in [0, 0.05) is 6.61 Å². The van der Waals surface area contributed by atoms with Gasteiger partial charge in [-0.15, -0.1) is 0 Å². The monoisotopic (exact) mass is 299 g/mol. The number of carbonyl (C=O) groups excluding carboxylic acids is 1. The maximum Gasteiger partial charge on any atom is 0.336 e. The van der Waals surface area contributed by atoms with Crippen molar-refractivity contribution in [1.29, 1.82) is 0 Å². The highest BCUT2D eigenvalue weighted by Crippen LogP contribution is 2.29. The third-order valence-electron chi connectivity index (χ3n) is 4.09. The van der Waals surface area contributed by atoms with Crippen molar-refractivity contribution in [3.63, 3.8) is 0 Å². The van der Waals surface area contributed by atoms with E-state index in [-0.39, 0.29) is 11.9 Å². The molecule has 1 aliphatic carbocycles. The molecular weight excluding hydrogens is 274 g/mol. The largest absolute Gasteiger partial charge is 0.479 e. The molecule has 21 heavy (non-hydrogen) atoms. The summed E-state index contributed by atoms with van der Waals surface area (Å²) in [7, 11) is 0. The lowest BCUT2D eigenvalue weighted by molar-refractivity contribution is -0.138. The first-order chi connectivity index (χ1) is 10.0. The fraction of sp³-hybridized carbons (Fsp3) is 0.867. The van der Waals surface area contributed by atoms with Gasteiger partial charge in [-0.05, 0) is 31.1 Å². The van der Waals surface area contributed by atoms with Crippen LogP contribution in [-0.2, 0) is 19.1 Å². The van der Waals surface area contributed by atoms with Crippen molar-refractivity contribution in [2.75, 3.05) is 13.2 Å². The van der Waals surface area contributed by atoms with E-state index in [1.165, 1.54) is 12.8 Å². The number of epoxide rings is 1. The maximum absolute atomic E-state index is 12.0. The minimum atomic E-state index is -1.08. The highest BCUT2D eigenvalue weighted by Gasteiger charge is 2.51. The number of nitrogens with one attached hydrogen (secondary N) is 1. The second-order valence-electron chi connectivity index (χ2n) is 6.25. The molecule has 1 heterocycles. The van der Waals surface area contributed by atoms with E-state index in [2.05, 4.69) is 19.2 Å². The summed E-state index contributed by atoms with van der Waals surface area (Å²) in [5, 5.41) is 11.6. The number of aliphatic carboxylic acids is 1. The van der Waals surface area contributed by atoms with Gasteiger partial charge >= 0.3 is 5.97 Å². The molecule has 120 valence electrons. The number of amides is 1. The Balaban J connectivity index is 1.76. The van der Waals surface area contributed by atoms with E-state index in [0.29, 0.717) is 18.4 Å². The van der Waals surface area contributed by atoms with Crippen molar-refractivity contribution in [3.05, 3.63) is 0 Å². The molecule has 1 saturated carbocycles. The summed E-state index contributed by atoms with van der Waals surface area (Å²) in [6.45, 7) is 5.48. The molecule has 1 aliphatic heterocycles. The van der Waals surface area contributed by atoms with Crippen LogP contribution in [0.4, 0.5) is 0 Å². The Kier molecular flexibility index (Phi) is 5.58. The van der Waals surface area contributed by atoms with Crippen molar-refractivity contribution in [3.8, 4) is 0 Å². The number of carboxylic acid groups (broad SMARTS) is 1. The van der Waals surface area contributed by atoms with Crippen LogP contribution >= 0.6 is 0 Å². The van der Waals surface area contributed by atoms with E-state index in [0.717, 1.165) is 19.4 Å². The highest BCUT2D eigenvalue weighted by molar-refractivity contribution is 5.92. The fourth-order valence-electron chi connectivity index (χ4n) is 2.27. The highest BCUT2D eigenvalue weighted by atomic mass is 16.6. The molecule has 0 aromatic rings. The number of carbonyl (C=O) groups is 2. The molecule has 2 N–H and O–H groups in total. The van der Waals surface area contributed by atoms with Crippen LogP contribution in [0.1, 0.15) is 39.5 Å². The average molecular weight is 299 g/mol. The lowest BCUT2D eigenvalue weighted by atomic mass is 9.99. The summed E-state index contributed by atoms with van der Waals surface area (Å²) in [4.78, 5) is 22.7. The first-order valence-corrected chi connectivity index (χ1v) is 7.77. The second kappa shape index (κ2) is 7.22. The molecule has 0 aromatic carbocycles. The van der Waals surface area contributed by atoms with Crippen molar-refractivity contribution >= 4 is 11.9 Å². The molecule has 0 spiro atoms. The molecule has 1 unspecified atom stereocenters. The van der Waals surface area contributed by atoms with Gasteiger partial charge in [0.15, 0.2) is 12.2 Å². The Morgan fingerprint density at radius 3 is 2.62 bits per heavy atom. The maximum atomic E-state index is 12.0. The zero-order valence-electron chi connectivity index (χ0n) is 12.7. The molecular formula is C15H25NO5. The zero-order chi connectivity index (χ0) is 15.4. The Labute approximate surface area is 125 Å². The van der Waals surface area contributed by atoms with Gasteiger partial charge in [0.2, 0.25) is 0 Å². The molecule has 4 atom stereocenters. The predicted molar refractivity (Wildman–Crippen MR) is 75.8 cm³/mol. The summed E-state index contributed by atoms with van der Waals surface area (Å²) in [6.07, 6.45) is 2.51. The Morgan fingerprint density at radius 2 is 2.10 bits per heavy atom. The number of hydrogen-bond donors (Lipinski definition) is 2. The van der Waals surface area contributed by atoms with Crippen molar-refractivity contribution < 1.29 is 24.2 Å². The van der Waals surface area contributed by atoms with Crippen LogP contribution in [0.2, 0.25) is 0 Å². The van der Waals surface area contributed by atoms with Gasteiger partial charge in [-0.25, -0.2) is 4.79 Å². The normalized spacial score (nSPS) is 27.0. The molecule has 6 heteroatoms. The topological polar surface area (TPSA) is 88.2 Å². The van der Waals surface area contributed by atoms with Gasteiger partial charge in [0.25, 0.3) is 5.91 Å². The van der Waals surface area contributed by atoms with E-state index in [1.54, 1.807) is 0 Å². The van der Waals surface area contributed by atoms with E-state index in [9.17, 15) is 9.59 Å². The van der Waals surface area contributed by atoms with Crippen LogP contribution in [0.5, 0.6) is 0 Å². The Morgan fingerprint density at radius 1 is 1.38 bits per heavy atom. The predicted octanol–water partition coefficient (Wildman–Crippen LogP) is 1.19. The summed E-state index contributed by atoms with van der Waals surface area (Å²) in [5.41, 5.74) is 0. The van der Waals surface area contributed by atoms with Crippen LogP contribution < -0.4 is 5.32 Å². The van der Waals surface area contributed by atoms with Gasteiger partial charge < -0.3 is 19.9 Å². The standard InChI is InChI=1S/C15H25NO5/c1-3-9(2)6-11(8-20-7-10-4-5-10)16-14(17)12-13(21-12)15(18)19/h9-13H,3-8H2,1-2H3,(H,16,17)(H,18,19)/t9-,11?,12-,13-/m0/s1. The molecule has 2 fully saturated rings. The SMILES string of the molecule is CC[C@H](C)CC(COCC1CC1)NC(=O)[C@H]1O[C@@H]1C(=O)O. The van der Waals surface area contributed by atoms with Gasteiger partial charge in [0.05, 0.1) is 12.6 Å². The van der Waals surface area contributed by atoms with Crippen LogP contribution in [0.3, 0.4) is 0 Å². The minimum Gasteiger partial charge on any atom is -0.479 e.